The van der Waals surface area contributed by atoms with Gasteiger partial charge in [-0.1, -0.05) is 12.2 Å². The molecule has 3 atom stereocenters. The number of halogens is 2. The summed E-state index contributed by atoms with van der Waals surface area (Å²) in [5.74, 6) is 1.64. The Balaban J connectivity index is 1.79. The predicted molar refractivity (Wildman–Crippen MR) is 79.3 cm³/mol. The highest BCUT2D eigenvalue weighted by Crippen LogP contribution is 2.45. The van der Waals surface area contributed by atoms with Crippen LogP contribution in [-0.2, 0) is 0 Å². The molecular weight excluding hydrogens is 342 g/mol. The first-order chi connectivity index (χ1) is 8.15. The Labute approximate surface area is 119 Å². The smallest absolute Gasteiger partial charge is 0.0631 e. The summed E-state index contributed by atoms with van der Waals surface area (Å²) in [6.07, 6.45) is 7.28. The first-order valence-corrected chi connectivity index (χ1v) is 7.62. The van der Waals surface area contributed by atoms with Crippen LogP contribution >= 0.6 is 31.9 Å². The quantitative estimate of drug-likeness (QED) is 0.743. The van der Waals surface area contributed by atoms with Crippen LogP contribution in [0.1, 0.15) is 18.4 Å². The van der Waals surface area contributed by atoms with E-state index in [-0.39, 0.29) is 0 Å². The molecule has 0 spiro atoms. The minimum atomic E-state index is 0.606. The van der Waals surface area contributed by atoms with E-state index in [1.54, 1.807) is 0 Å². The van der Waals surface area contributed by atoms with Gasteiger partial charge in [0.15, 0.2) is 0 Å². The molecule has 0 aromatic heterocycles. The minimum absolute atomic E-state index is 0.606. The van der Waals surface area contributed by atoms with E-state index in [0.717, 1.165) is 20.8 Å². The van der Waals surface area contributed by atoms with E-state index in [1.807, 2.05) is 0 Å². The van der Waals surface area contributed by atoms with Gasteiger partial charge in [-0.2, -0.15) is 0 Å². The van der Waals surface area contributed by atoms with Gasteiger partial charge in [0.1, 0.15) is 0 Å². The third kappa shape index (κ3) is 2.08. The summed E-state index contributed by atoms with van der Waals surface area (Å²) < 4.78 is 2.30. The zero-order chi connectivity index (χ0) is 12.0. The Morgan fingerprint density at radius 1 is 1.24 bits per heavy atom. The highest BCUT2D eigenvalue weighted by Gasteiger charge is 2.41. The van der Waals surface area contributed by atoms with Crippen LogP contribution in [0.4, 0.5) is 5.69 Å². The van der Waals surface area contributed by atoms with Crippen molar-refractivity contribution >= 4 is 37.5 Å². The summed E-state index contributed by atoms with van der Waals surface area (Å²) in [7, 11) is 0. The van der Waals surface area contributed by atoms with Crippen molar-refractivity contribution in [3.63, 3.8) is 0 Å². The number of benzene rings is 1. The van der Waals surface area contributed by atoms with Crippen LogP contribution < -0.4 is 5.32 Å². The Bertz CT molecular complexity index is 458. The van der Waals surface area contributed by atoms with Gasteiger partial charge < -0.3 is 5.32 Å². The van der Waals surface area contributed by atoms with Crippen LogP contribution in [0, 0.1) is 18.8 Å². The number of rotatable bonds is 2. The number of aryl methyl sites for hydroxylation is 1. The van der Waals surface area contributed by atoms with Crippen molar-refractivity contribution in [3.8, 4) is 0 Å². The van der Waals surface area contributed by atoms with Gasteiger partial charge in [-0.3, -0.25) is 0 Å². The molecule has 90 valence electrons. The predicted octanol–water partition coefficient (Wildman–Crippen LogP) is 4.90. The van der Waals surface area contributed by atoms with E-state index >= 15 is 0 Å². The van der Waals surface area contributed by atoms with Crippen LogP contribution in [-0.4, -0.2) is 6.04 Å². The molecule has 1 nitrogen and oxygen atoms in total. The lowest BCUT2D eigenvalue weighted by Gasteiger charge is -2.41. The number of hydrogen-bond acceptors (Lipinski definition) is 1. The van der Waals surface area contributed by atoms with E-state index in [0.29, 0.717) is 6.04 Å². The van der Waals surface area contributed by atoms with Gasteiger partial charge in [0.2, 0.25) is 0 Å². The zero-order valence-electron chi connectivity index (χ0n) is 9.71. The highest BCUT2D eigenvalue weighted by atomic mass is 79.9. The van der Waals surface area contributed by atoms with Crippen molar-refractivity contribution in [2.75, 3.05) is 5.32 Å². The SMILES string of the molecule is Cc1cc(Br)c(NC2CC3CC=CC32)c(Br)c1. The molecule has 0 bridgehead atoms. The van der Waals surface area contributed by atoms with Crippen molar-refractivity contribution in [2.24, 2.45) is 11.8 Å². The third-order valence-electron chi connectivity index (χ3n) is 3.88. The fourth-order valence-corrected chi connectivity index (χ4v) is 4.55. The molecule has 1 N–H and O–H groups in total. The second kappa shape index (κ2) is 4.43. The first kappa shape index (κ1) is 11.8. The third-order valence-corrected chi connectivity index (χ3v) is 5.13. The van der Waals surface area contributed by atoms with Gasteiger partial charge in [-0.25, -0.2) is 0 Å². The summed E-state index contributed by atoms with van der Waals surface area (Å²) in [6.45, 7) is 2.11. The fourth-order valence-electron chi connectivity index (χ4n) is 2.91. The number of hydrogen-bond donors (Lipinski definition) is 1. The lowest BCUT2D eigenvalue weighted by molar-refractivity contribution is 0.218. The number of allylic oxidation sites excluding steroid dienone is 1. The largest absolute Gasteiger partial charge is 0.380 e. The normalized spacial score (nSPS) is 29.9. The average Bonchev–Trinajstić information content (AvgIpc) is 2.58. The van der Waals surface area contributed by atoms with Gasteiger partial charge in [-0.15, -0.1) is 0 Å². The monoisotopic (exact) mass is 355 g/mol. The molecule has 1 aromatic carbocycles. The minimum Gasteiger partial charge on any atom is -0.380 e. The van der Waals surface area contributed by atoms with Crippen molar-refractivity contribution in [3.05, 3.63) is 38.8 Å². The molecule has 0 saturated heterocycles. The molecule has 1 saturated carbocycles. The maximum atomic E-state index is 3.67. The zero-order valence-corrected chi connectivity index (χ0v) is 12.9. The lowest BCUT2D eigenvalue weighted by atomic mass is 9.71. The number of anilines is 1. The maximum Gasteiger partial charge on any atom is 0.0631 e. The molecule has 3 unspecified atom stereocenters. The van der Waals surface area contributed by atoms with Crippen molar-refractivity contribution < 1.29 is 0 Å². The Morgan fingerprint density at radius 2 is 1.94 bits per heavy atom. The summed E-state index contributed by atoms with van der Waals surface area (Å²) in [6, 6.07) is 4.93. The molecule has 0 heterocycles. The van der Waals surface area contributed by atoms with Gasteiger partial charge >= 0.3 is 0 Å². The molecule has 1 fully saturated rings. The Morgan fingerprint density at radius 3 is 2.59 bits per heavy atom. The van der Waals surface area contributed by atoms with Gasteiger partial charge in [0, 0.05) is 20.9 Å². The highest BCUT2D eigenvalue weighted by molar-refractivity contribution is 9.11. The molecule has 3 rings (SSSR count). The van der Waals surface area contributed by atoms with E-state index < -0.39 is 0 Å². The molecule has 0 aliphatic heterocycles. The Kier molecular flexibility index (Phi) is 3.07. The number of nitrogens with one attached hydrogen (secondary N) is 1. The van der Waals surface area contributed by atoms with E-state index in [2.05, 4.69) is 68.4 Å². The molecule has 0 radical (unpaired) electrons. The summed E-state index contributed by atoms with van der Waals surface area (Å²) in [5.41, 5.74) is 2.46. The molecule has 17 heavy (non-hydrogen) atoms. The molecule has 0 amide bonds. The van der Waals surface area contributed by atoms with E-state index in [9.17, 15) is 0 Å². The van der Waals surface area contributed by atoms with Crippen LogP contribution in [0.2, 0.25) is 0 Å². The topological polar surface area (TPSA) is 12.0 Å². The lowest BCUT2D eigenvalue weighted by Crippen LogP contribution is -2.43. The standard InChI is InChI=1S/C14H15Br2N/c1-8-5-11(15)14(12(16)6-8)17-13-7-9-3-2-4-10(9)13/h2,4-6,9-10,13,17H,3,7H2,1H3. The summed E-state index contributed by atoms with van der Waals surface area (Å²) in [5, 5.41) is 3.67. The molecule has 2 aliphatic carbocycles. The Hall–Kier alpha value is -0.280. The van der Waals surface area contributed by atoms with Crippen LogP contribution in [0.15, 0.2) is 33.2 Å². The van der Waals surface area contributed by atoms with Crippen molar-refractivity contribution in [2.45, 2.75) is 25.8 Å². The van der Waals surface area contributed by atoms with Crippen molar-refractivity contribution in [1.82, 2.24) is 0 Å². The molecule has 1 aromatic rings. The van der Waals surface area contributed by atoms with E-state index in [1.165, 1.54) is 24.1 Å². The van der Waals surface area contributed by atoms with Crippen LogP contribution in [0.5, 0.6) is 0 Å². The number of fused-ring (bicyclic) bond motifs is 1. The second-order valence-electron chi connectivity index (χ2n) is 5.09. The summed E-state index contributed by atoms with van der Waals surface area (Å²) >= 11 is 7.28. The van der Waals surface area contributed by atoms with Crippen molar-refractivity contribution in [1.29, 1.82) is 0 Å². The van der Waals surface area contributed by atoms with Gasteiger partial charge in [-0.05, 0) is 75.2 Å². The molecule has 2 aliphatic rings. The second-order valence-corrected chi connectivity index (χ2v) is 6.80. The van der Waals surface area contributed by atoms with E-state index in [4.69, 9.17) is 0 Å². The molecular formula is C14H15Br2N. The first-order valence-electron chi connectivity index (χ1n) is 6.04. The summed E-state index contributed by atoms with van der Waals surface area (Å²) in [4.78, 5) is 0. The average molecular weight is 357 g/mol. The fraction of sp³-hybridized carbons (Fsp3) is 0.429. The van der Waals surface area contributed by atoms with Gasteiger partial charge in [0.05, 0.1) is 5.69 Å². The maximum absolute atomic E-state index is 3.67. The van der Waals surface area contributed by atoms with Gasteiger partial charge in [0.25, 0.3) is 0 Å². The van der Waals surface area contributed by atoms with Crippen LogP contribution in [0.25, 0.3) is 0 Å². The molecule has 3 heteroatoms. The van der Waals surface area contributed by atoms with Crippen LogP contribution in [0.3, 0.4) is 0 Å².